The number of nitrogens with zero attached hydrogens (tertiary/aromatic N) is 1. The predicted octanol–water partition coefficient (Wildman–Crippen LogP) is 4.11. The van der Waals surface area contributed by atoms with Crippen molar-refractivity contribution in [1.29, 1.82) is 0 Å². The number of nitrogens with one attached hydrogen (secondary N) is 1. The molecule has 1 saturated carbocycles. The highest BCUT2D eigenvalue weighted by atomic mass is 16.2. The Bertz CT molecular complexity index is 642. The van der Waals surface area contributed by atoms with Crippen LogP contribution in [0.3, 0.4) is 0 Å². The molecule has 2 aliphatic rings. The summed E-state index contributed by atoms with van der Waals surface area (Å²) in [4.78, 5) is 27.2. The molecule has 27 heavy (non-hydrogen) atoms. The van der Waals surface area contributed by atoms with E-state index in [1.165, 1.54) is 5.56 Å². The van der Waals surface area contributed by atoms with Crippen molar-refractivity contribution in [3.63, 3.8) is 0 Å². The topological polar surface area (TPSA) is 49.4 Å². The first-order valence-corrected chi connectivity index (χ1v) is 10.5. The average Bonchev–Trinajstić information content (AvgIpc) is 2.68. The molecule has 2 amide bonds. The number of amides is 2. The van der Waals surface area contributed by atoms with E-state index in [0.717, 1.165) is 45.1 Å². The standard InChI is InChI=1S/C23H34N2O2/c1-23(2,3)22(27)25-15-7-10-19(16-25)21(26)24-20-13-11-18(12-14-20)17-8-5-4-6-9-17/h4-6,8-9,18-20H,7,10-16H2,1-3H3,(H,24,26). The lowest BCUT2D eigenvalue weighted by Gasteiger charge is -2.37. The number of hydrogen-bond donors (Lipinski definition) is 1. The van der Waals surface area contributed by atoms with E-state index in [4.69, 9.17) is 0 Å². The number of piperidine rings is 1. The number of likely N-dealkylation sites (tertiary alicyclic amines) is 1. The molecule has 1 saturated heterocycles. The number of benzene rings is 1. The normalized spacial score (nSPS) is 26.5. The average molecular weight is 371 g/mol. The summed E-state index contributed by atoms with van der Waals surface area (Å²) in [5, 5.41) is 3.28. The van der Waals surface area contributed by atoms with Crippen molar-refractivity contribution in [3.8, 4) is 0 Å². The quantitative estimate of drug-likeness (QED) is 0.870. The molecule has 1 unspecified atom stereocenters. The van der Waals surface area contributed by atoms with Crippen LogP contribution in [0.5, 0.6) is 0 Å². The Hall–Kier alpha value is -1.84. The highest BCUT2D eigenvalue weighted by Gasteiger charge is 2.34. The number of carbonyl (C=O) groups excluding carboxylic acids is 2. The van der Waals surface area contributed by atoms with E-state index < -0.39 is 0 Å². The van der Waals surface area contributed by atoms with Crippen LogP contribution in [0.4, 0.5) is 0 Å². The Labute approximate surface area is 163 Å². The predicted molar refractivity (Wildman–Crippen MR) is 108 cm³/mol. The minimum absolute atomic E-state index is 0.0584. The second-order valence-corrected chi connectivity index (χ2v) is 9.31. The molecule has 1 N–H and O–H groups in total. The minimum atomic E-state index is -0.381. The second kappa shape index (κ2) is 8.45. The largest absolute Gasteiger partial charge is 0.353 e. The fourth-order valence-electron chi connectivity index (χ4n) is 4.47. The summed E-state index contributed by atoms with van der Waals surface area (Å²) in [5.74, 6) is 0.860. The van der Waals surface area contributed by atoms with Crippen molar-refractivity contribution >= 4 is 11.8 Å². The van der Waals surface area contributed by atoms with Crippen LogP contribution in [-0.4, -0.2) is 35.8 Å². The third-order valence-electron chi connectivity index (χ3n) is 6.07. The maximum Gasteiger partial charge on any atom is 0.227 e. The van der Waals surface area contributed by atoms with Gasteiger partial charge in [-0.1, -0.05) is 51.1 Å². The molecule has 1 aromatic carbocycles. The van der Waals surface area contributed by atoms with Crippen molar-refractivity contribution in [2.24, 2.45) is 11.3 Å². The summed E-state index contributed by atoms with van der Waals surface area (Å²) in [7, 11) is 0. The van der Waals surface area contributed by atoms with E-state index in [1.54, 1.807) is 0 Å². The molecule has 3 rings (SSSR count). The van der Waals surface area contributed by atoms with Crippen LogP contribution in [0.2, 0.25) is 0 Å². The van der Waals surface area contributed by atoms with Gasteiger partial charge in [-0.15, -0.1) is 0 Å². The molecule has 0 bridgehead atoms. The van der Waals surface area contributed by atoms with Gasteiger partial charge in [-0.3, -0.25) is 9.59 Å². The van der Waals surface area contributed by atoms with E-state index in [0.29, 0.717) is 12.5 Å². The number of rotatable bonds is 3. The fourth-order valence-corrected chi connectivity index (χ4v) is 4.47. The Kier molecular flexibility index (Phi) is 6.23. The van der Waals surface area contributed by atoms with Gasteiger partial charge < -0.3 is 10.2 Å². The maximum absolute atomic E-state index is 12.8. The van der Waals surface area contributed by atoms with Gasteiger partial charge in [-0.05, 0) is 50.0 Å². The van der Waals surface area contributed by atoms with Crippen molar-refractivity contribution in [1.82, 2.24) is 10.2 Å². The summed E-state index contributed by atoms with van der Waals surface area (Å²) in [6, 6.07) is 11.0. The lowest BCUT2D eigenvalue weighted by Crippen LogP contribution is -2.50. The first-order valence-electron chi connectivity index (χ1n) is 10.5. The first kappa shape index (κ1) is 19.9. The van der Waals surface area contributed by atoms with Gasteiger partial charge in [0.25, 0.3) is 0 Å². The zero-order chi connectivity index (χ0) is 19.4. The number of hydrogen-bond acceptors (Lipinski definition) is 2. The van der Waals surface area contributed by atoms with Gasteiger partial charge in [0.1, 0.15) is 0 Å². The van der Waals surface area contributed by atoms with Crippen molar-refractivity contribution in [2.75, 3.05) is 13.1 Å². The van der Waals surface area contributed by atoms with Crippen LogP contribution in [0.25, 0.3) is 0 Å². The van der Waals surface area contributed by atoms with E-state index in [1.807, 2.05) is 25.7 Å². The van der Waals surface area contributed by atoms with Gasteiger partial charge in [0.15, 0.2) is 0 Å². The molecule has 1 aromatic rings. The van der Waals surface area contributed by atoms with Gasteiger partial charge in [0.05, 0.1) is 5.92 Å². The summed E-state index contributed by atoms with van der Waals surface area (Å²) in [5.41, 5.74) is 1.04. The lowest BCUT2D eigenvalue weighted by molar-refractivity contribution is -0.143. The van der Waals surface area contributed by atoms with E-state index in [9.17, 15) is 9.59 Å². The summed E-state index contributed by atoms with van der Waals surface area (Å²) in [6.07, 6.45) is 6.16. The smallest absolute Gasteiger partial charge is 0.227 e. The Balaban J connectivity index is 1.49. The molecule has 0 aromatic heterocycles. The third kappa shape index (κ3) is 5.12. The molecule has 1 atom stereocenters. The van der Waals surface area contributed by atoms with Gasteiger partial charge >= 0.3 is 0 Å². The molecule has 0 spiro atoms. The molecule has 0 radical (unpaired) electrons. The minimum Gasteiger partial charge on any atom is -0.353 e. The summed E-state index contributed by atoms with van der Waals surface area (Å²) < 4.78 is 0. The van der Waals surface area contributed by atoms with Crippen molar-refractivity contribution in [3.05, 3.63) is 35.9 Å². The van der Waals surface area contributed by atoms with Gasteiger partial charge in [-0.25, -0.2) is 0 Å². The molecule has 4 nitrogen and oxygen atoms in total. The van der Waals surface area contributed by atoms with Crippen LogP contribution in [0, 0.1) is 11.3 Å². The van der Waals surface area contributed by atoms with Crippen LogP contribution in [-0.2, 0) is 9.59 Å². The molecule has 148 valence electrons. The molecular formula is C23H34N2O2. The monoisotopic (exact) mass is 370 g/mol. The van der Waals surface area contributed by atoms with Gasteiger partial charge in [-0.2, -0.15) is 0 Å². The van der Waals surface area contributed by atoms with Crippen LogP contribution in [0.1, 0.15) is 70.8 Å². The summed E-state index contributed by atoms with van der Waals surface area (Å²) >= 11 is 0. The highest BCUT2D eigenvalue weighted by molar-refractivity contribution is 5.84. The van der Waals surface area contributed by atoms with E-state index >= 15 is 0 Å². The van der Waals surface area contributed by atoms with E-state index in [2.05, 4.69) is 35.6 Å². The second-order valence-electron chi connectivity index (χ2n) is 9.31. The van der Waals surface area contributed by atoms with Crippen molar-refractivity contribution < 1.29 is 9.59 Å². The maximum atomic E-state index is 12.8. The SMILES string of the molecule is CC(C)(C)C(=O)N1CCCC(C(=O)NC2CCC(c3ccccc3)CC2)C1. The highest BCUT2D eigenvalue weighted by Crippen LogP contribution is 2.33. The van der Waals surface area contributed by atoms with Crippen molar-refractivity contribution in [2.45, 2.75) is 71.3 Å². The molecule has 4 heteroatoms. The molecule has 1 aliphatic heterocycles. The Morgan fingerprint density at radius 3 is 2.30 bits per heavy atom. The summed E-state index contributed by atoms with van der Waals surface area (Å²) in [6.45, 7) is 7.20. The molecular weight excluding hydrogens is 336 g/mol. The third-order valence-corrected chi connectivity index (χ3v) is 6.07. The van der Waals surface area contributed by atoms with Crippen LogP contribution in [0.15, 0.2) is 30.3 Å². The lowest BCUT2D eigenvalue weighted by atomic mass is 9.81. The molecule has 2 fully saturated rings. The zero-order valence-corrected chi connectivity index (χ0v) is 17.0. The Morgan fingerprint density at radius 1 is 1.00 bits per heavy atom. The van der Waals surface area contributed by atoms with Crippen LogP contribution < -0.4 is 5.32 Å². The zero-order valence-electron chi connectivity index (χ0n) is 17.0. The number of carbonyl (C=O) groups is 2. The first-order chi connectivity index (χ1) is 12.8. The molecule has 1 aliphatic carbocycles. The van der Waals surface area contributed by atoms with E-state index in [-0.39, 0.29) is 29.2 Å². The van der Waals surface area contributed by atoms with Gasteiger partial charge in [0, 0.05) is 24.5 Å². The van der Waals surface area contributed by atoms with Gasteiger partial charge in [0.2, 0.25) is 11.8 Å². The molecule has 1 heterocycles. The van der Waals surface area contributed by atoms with Crippen LogP contribution >= 0.6 is 0 Å². The Morgan fingerprint density at radius 2 is 1.67 bits per heavy atom. The fraction of sp³-hybridized carbons (Fsp3) is 0.652.